The molecule has 0 aliphatic carbocycles. The van der Waals surface area contributed by atoms with E-state index in [0.29, 0.717) is 23.0 Å². The minimum atomic E-state index is -0.168. The van der Waals surface area contributed by atoms with E-state index in [1.54, 1.807) is 12.5 Å². The molecule has 0 bridgehead atoms. The molecule has 0 unspecified atom stereocenters. The average molecular weight is 478 g/mol. The van der Waals surface area contributed by atoms with E-state index in [-0.39, 0.29) is 11.9 Å². The Morgan fingerprint density at radius 1 is 0.944 bits per heavy atom. The average Bonchev–Trinajstić information content (AvgIpc) is 3.33. The molecule has 8 heteroatoms. The van der Waals surface area contributed by atoms with Gasteiger partial charge in [-0.3, -0.25) is 9.36 Å². The van der Waals surface area contributed by atoms with Crippen LogP contribution in [0.15, 0.2) is 91.4 Å². The summed E-state index contributed by atoms with van der Waals surface area (Å²) < 4.78 is 1.90. The molecular weight excluding hydrogens is 450 g/mol. The van der Waals surface area contributed by atoms with E-state index >= 15 is 0 Å². The Bertz CT molecular complexity index is 1490. The van der Waals surface area contributed by atoms with Gasteiger partial charge in [0.1, 0.15) is 12.1 Å². The van der Waals surface area contributed by atoms with Crippen LogP contribution in [-0.4, -0.2) is 39.5 Å². The fourth-order valence-corrected chi connectivity index (χ4v) is 3.96. The van der Waals surface area contributed by atoms with Crippen LogP contribution in [0.3, 0.4) is 0 Å². The van der Waals surface area contributed by atoms with Gasteiger partial charge in [-0.05, 0) is 61.0 Å². The summed E-state index contributed by atoms with van der Waals surface area (Å²) in [5.74, 6) is 1.07. The highest BCUT2D eigenvalue weighted by atomic mass is 16.1. The van der Waals surface area contributed by atoms with E-state index < -0.39 is 0 Å². The van der Waals surface area contributed by atoms with Crippen molar-refractivity contribution in [2.24, 2.45) is 0 Å². The van der Waals surface area contributed by atoms with Crippen LogP contribution >= 0.6 is 0 Å². The van der Waals surface area contributed by atoms with Crippen LogP contribution in [-0.2, 0) is 0 Å². The van der Waals surface area contributed by atoms with Crippen LogP contribution in [0.2, 0.25) is 0 Å². The number of rotatable bonds is 7. The number of nitrogens with zero attached hydrogens (tertiary/aromatic N) is 5. The van der Waals surface area contributed by atoms with Crippen molar-refractivity contribution in [1.29, 1.82) is 0 Å². The van der Waals surface area contributed by atoms with Crippen molar-refractivity contribution in [3.05, 3.63) is 103 Å². The minimum absolute atomic E-state index is 0.0613. The van der Waals surface area contributed by atoms with Gasteiger partial charge in [-0.2, -0.15) is 4.98 Å². The lowest BCUT2D eigenvalue weighted by Crippen LogP contribution is -2.13. The third-order valence-electron chi connectivity index (χ3n) is 5.98. The largest absolute Gasteiger partial charge is 0.378 e. The lowest BCUT2D eigenvalue weighted by atomic mass is 10.1. The summed E-state index contributed by atoms with van der Waals surface area (Å²) >= 11 is 0. The molecule has 0 aliphatic heterocycles. The SMILES string of the molecule is C[C@H](Nc1nccc(-n2cnc3cc(NC(=O)c4ccc(N(C)C)cc4)ccc32)n1)c1ccccc1. The maximum absolute atomic E-state index is 12.7. The van der Waals surface area contributed by atoms with Crippen molar-refractivity contribution in [3.8, 4) is 5.82 Å². The Kier molecular flexibility index (Phi) is 6.32. The second-order valence-corrected chi connectivity index (χ2v) is 8.73. The summed E-state index contributed by atoms with van der Waals surface area (Å²) in [4.78, 5) is 28.3. The Morgan fingerprint density at radius 2 is 1.72 bits per heavy atom. The third-order valence-corrected chi connectivity index (χ3v) is 5.98. The van der Waals surface area contributed by atoms with Gasteiger partial charge >= 0.3 is 0 Å². The Morgan fingerprint density at radius 3 is 2.47 bits per heavy atom. The number of anilines is 3. The van der Waals surface area contributed by atoms with Gasteiger partial charge in [0.05, 0.1) is 17.1 Å². The second-order valence-electron chi connectivity index (χ2n) is 8.73. The summed E-state index contributed by atoms with van der Waals surface area (Å²) in [6.07, 6.45) is 3.45. The topological polar surface area (TPSA) is 88.0 Å². The molecule has 2 N–H and O–H groups in total. The molecular formula is C28H27N7O. The van der Waals surface area contributed by atoms with Crippen molar-refractivity contribution in [3.63, 3.8) is 0 Å². The molecule has 0 radical (unpaired) electrons. The summed E-state index contributed by atoms with van der Waals surface area (Å²) in [5, 5.41) is 6.32. The molecule has 5 rings (SSSR count). The van der Waals surface area contributed by atoms with Gasteiger partial charge in [-0.1, -0.05) is 30.3 Å². The van der Waals surface area contributed by atoms with Crippen LogP contribution in [0.4, 0.5) is 17.3 Å². The van der Waals surface area contributed by atoms with Gasteiger partial charge in [-0.15, -0.1) is 0 Å². The summed E-state index contributed by atoms with van der Waals surface area (Å²) in [7, 11) is 3.93. The number of imidazole rings is 1. The van der Waals surface area contributed by atoms with Crippen LogP contribution < -0.4 is 15.5 Å². The zero-order valence-corrected chi connectivity index (χ0v) is 20.4. The fourth-order valence-electron chi connectivity index (χ4n) is 3.96. The first-order valence-electron chi connectivity index (χ1n) is 11.7. The number of carbonyl (C=O) groups excluding carboxylic acids is 1. The molecule has 2 aromatic heterocycles. The molecule has 8 nitrogen and oxygen atoms in total. The Labute approximate surface area is 209 Å². The first kappa shape index (κ1) is 23.0. The van der Waals surface area contributed by atoms with Gasteiger partial charge in [0.25, 0.3) is 5.91 Å². The summed E-state index contributed by atoms with van der Waals surface area (Å²) in [6, 6.07) is 25.2. The van der Waals surface area contributed by atoms with E-state index in [0.717, 1.165) is 22.3 Å². The van der Waals surface area contributed by atoms with Gasteiger partial charge in [-0.25, -0.2) is 9.97 Å². The van der Waals surface area contributed by atoms with E-state index in [4.69, 9.17) is 0 Å². The standard InChI is InChI=1S/C28H27N7O/c1-19(20-7-5-4-6-8-20)31-28-29-16-15-26(33-28)35-18-30-24-17-22(11-14-25(24)35)32-27(36)21-9-12-23(13-10-21)34(2)3/h4-19H,1-3H3,(H,32,36)(H,29,31,33)/t19-/m0/s1. The molecule has 36 heavy (non-hydrogen) atoms. The molecule has 1 atom stereocenters. The Balaban J connectivity index is 1.33. The van der Waals surface area contributed by atoms with Crippen molar-refractivity contribution in [2.75, 3.05) is 29.6 Å². The number of aromatic nitrogens is 4. The van der Waals surface area contributed by atoms with Crippen molar-refractivity contribution in [1.82, 2.24) is 19.5 Å². The number of fused-ring (bicyclic) bond motifs is 1. The smallest absolute Gasteiger partial charge is 0.255 e. The van der Waals surface area contributed by atoms with E-state index in [1.807, 2.05) is 90.3 Å². The molecule has 0 spiro atoms. The lowest BCUT2D eigenvalue weighted by Gasteiger charge is -2.14. The van der Waals surface area contributed by atoms with E-state index in [2.05, 4.69) is 44.6 Å². The molecule has 2 heterocycles. The molecule has 0 saturated carbocycles. The van der Waals surface area contributed by atoms with Crippen LogP contribution in [0, 0.1) is 0 Å². The monoisotopic (exact) mass is 477 g/mol. The van der Waals surface area contributed by atoms with Crippen LogP contribution in [0.5, 0.6) is 0 Å². The lowest BCUT2D eigenvalue weighted by molar-refractivity contribution is 0.102. The van der Waals surface area contributed by atoms with Crippen molar-refractivity contribution < 1.29 is 4.79 Å². The first-order chi connectivity index (χ1) is 17.5. The van der Waals surface area contributed by atoms with Crippen molar-refractivity contribution >= 4 is 34.3 Å². The van der Waals surface area contributed by atoms with Crippen LogP contribution in [0.1, 0.15) is 28.9 Å². The van der Waals surface area contributed by atoms with Gasteiger partial charge in [0, 0.05) is 37.2 Å². The minimum Gasteiger partial charge on any atom is -0.378 e. The summed E-state index contributed by atoms with van der Waals surface area (Å²) in [5.41, 5.74) is 5.10. The predicted molar refractivity (Wildman–Crippen MR) is 144 cm³/mol. The first-order valence-corrected chi connectivity index (χ1v) is 11.7. The molecule has 180 valence electrons. The second kappa shape index (κ2) is 9.87. The predicted octanol–water partition coefficient (Wildman–Crippen LogP) is 5.31. The number of benzene rings is 3. The number of nitrogens with one attached hydrogen (secondary N) is 2. The van der Waals surface area contributed by atoms with E-state index in [1.165, 1.54) is 0 Å². The Hall–Kier alpha value is -4.72. The van der Waals surface area contributed by atoms with Gasteiger partial charge in [0.2, 0.25) is 5.95 Å². The third kappa shape index (κ3) is 4.88. The normalized spacial score (nSPS) is 11.8. The molecule has 3 aromatic carbocycles. The highest BCUT2D eigenvalue weighted by Gasteiger charge is 2.12. The zero-order valence-electron chi connectivity index (χ0n) is 20.4. The fraction of sp³-hybridized carbons (Fsp3) is 0.143. The van der Waals surface area contributed by atoms with Gasteiger partial charge in [0.15, 0.2) is 0 Å². The quantitative estimate of drug-likeness (QED) is 0.330. The highest BCUT2D eigenvalue weighted by molar-refractivity contribution is 6.05. The molecule has 0 aliphatic rings. The van der Waals surface area contributed by atoms with Crippen LogP contribution in [0.25, 0.3) is 16.9 Å². The number of hydrogen-bond donors (Lipinski definition) is 2. The number of amides is 1. The zero-order chi connectivity index (χ0) is 25.1. The van der Waals surface area contributed by atoms with E-state index in [9.17, 15) is 4.79 Å². The maximum atomic E-state index is 12.7. The number of carbonyl (C=O) groups is 1. The maximum Gasteiger partial charge on any atom is 0.255 e. The highest BCUT2D eigenvalue weighted by Crippen LogP contribution is 2.23. The molecule has 5 aromatic rings. The van der Waals surface area contributed by atoms with Crippen molar-refractivity contribution in [2.45, 2.75) is 13.0 Å². The molecule has 0 saturated heterocycles. The molecule has 0 fully saturated rings. The molecule has 1 amide bonds. The van der Waals surface area contributed by atoms with Gasteiger partial charge < -0.3 is 15.5 Å². The number of hydrogen-bond acceptors (Lipinski definition) is 6. The summed E-state index contributed by atoms with van der Waals surface area (Å²) in [6.45, 7) is 2.07.